The fraction of sp³-hybridized carbons (Fsp3) is 1.00. The molecule has 4 N–H and O–H groups in total. The second-order valence-corrected chi connectivity index (χ2v) is 2.74. The van der Waals surface area contributed by atoms with Gasteiger partial charge in [0.05, 0.1) is 0 Å². The van der Waals surface area contributed by atoms with E-state index in [4.69, 9.17) is 10.2 Å². The minimum absolute atomic E-state index is 0. The van der Waals surface area contributed by atoms with Crippen LogP contribution in [0.25, 0.3) is 0 Å². The summed E-state index contributed by atoms with van der Waals surface area (Å²) in [6.45, 7) is 5.28. The zero-order valence-electron chi connectivity index (χ0n) is 5.47. The van der Waals surface area contributed by atoms with Crippen LogP contribution in [-0.2, 0) is 0 Å². The van der Waals surface area contributed by atoms with Crippen LogP contribution in [0.2, 0.25) is 0 Å². The maximum Gasteiger partial charge on any atom is 0.156 e. The highest BCUT2D eigenvalue weighted by molar-refractivity contribution is 4.61. The number of hydrogen-bond donors (Lipinski definition) is 2. The molecule has 0 heterocycles. The van der Waals surface area contributed by atoms with Crippen molar-refractivity contribution in [2.45, 2.75) is 27.1 Å². The van der Waals surface area contributed by atoms with E-state index in [1.54, 1.807) is 20.8 Å². The van der Waals surface area contributed by atoms with Gasteiger partial charge in [-0.3, -0.25) is 0 Å². The third-order valence-corrected chi connectivity index (χ3v) is 0.775. The Morgan fingerprint density at radius 1 is 1.12 bits per heavy atom. The van der Waals surface area contributed by atoms with E-state index in [1.807, 2.05) is 0 Å². The molecule has 0 unspecified atom stereocenters. The van der Waals surface area contributed by atoms with Crippen LogP contribution in [0.5, 0.6) is 0 Å². The first-order valence-corrected chi connectivity index (χ1v) is 2.31. The molecule has 0 aromatic carbocycles. The molecular weight excluding hydrogens is 108 g/mol. The van der Waals surface area contributed by atoms with E-state index in [0.29, 0.717) is 0 Å². The molecule has 0 saturated heterocycles. The van der Waals surface area contributed by atoms with Gasteiger partial charge in [-0.2, -0.15) is 0 Å². The van der Waals surface area contributed by atoms with Crippen molar-refractivity contribution in [3.8, 4) is 0 Å². The number of rotatable bonds is 0. The van der Waals surface area contributed by atoms with Gasteiger partial charge in [0.15, 0.2) is 6.29 Å². The van der Waals surface area contributed by atoms with Crippen LogP contribution >= 0.6 is 0 Å². The van der Waals surface area contributed by atoms with Gasteiger partial charge in [-0.25, -0.2) is 0 Å². The number of hydrogen-bond acceptors (Lipinski definition) is 2. The Kier molecular flexibility index (Phi) is 4.07. The van der Waals surface area contributed by atoms with E-state index < -0.39 is 6.29 Å². The van der Waals surface area contributed by atoms with Gasteiger partial charge >= 0.3 is 0 Å². The van der Waals surface area contributed by atoms with Crippen LogP contribution in [0.15, 0.2) is 0 Å². The molecule has 0 spiro atoms. The summed E-state index contributed by atoms with van der Waals surface area (Å²) in [4.78, 5) is 0. The van der Waals surface area contributed by atoms with Crippen LogP contribution in [-0.4, -0.2) is 22.0 Å². The summed E-state index contributed by atoms with van der Waals surface area (Å²) in [5.74, 6) is 0. The molecule has 0 radical (unpaired) electrons. The predicted molar refractivity (Wildman–Crippen MR) is 31.3 cm³/mol. The van der Waals surface area contributed by atoms with Crippen LogP contribution in [0.4, 0.5) is 0 Å². The first kappa shape index (κ1) is 10.8. The average molecular weight is 122 g/mol. The molecule has 52 valence electrons. The molecule has 0 saturated carbocycles. The lowest BCUT2D eigenvalue weighted by Crippen LogP contribution is -2.24. The van der Waals surface area contributed by atoms with Crippen molar-refractivity contribution in [3.63, 3.8) is 0 Å². The smallest absolute Gasteiger partial charge is 0.156 e. The van der Waals surface area contributed by atoms with E-state index in [9.17, 15) is 0 Å². The molecule has 0 aromatic rings. The minimum atomic E-state index is -1.20. The normalized spacial score (nSPS) is 11.2. The van der Waals surface area contributed by atoms with E-state index >= 15 is 0 Å². The second kappa shape index (κ2) is 3.02. The summed E-state index contributed by atoms with van der Waals surface area (Å²) in [6.07, 6.45) is -1.20. The fourth-order valence-corrected chi connectivity index (χ4v) is 0. The lowest BCUT2D eigenvalue weighted by atomic mass is 9.96. The second-order valence-electron chi connectivity index (χ2n) is 2.74. The lowest BCUT2D eigenvalue weighted by Gasteiger charge is -2.19. The van der Waals surface area contributed by atoms with Gasteiger partial charge in [0.25, 0.3) is 0 Å². The van der Waals surface area contributed by atoms with Gasteiger partial charge in [-0.1, -0.05) is 20.8 Å². The highest BCUT2D eigenvalue weighted by Crippen LogP contribution is 2.15. The minimum Gasteiger partial charge on any atom is -0.412 e. The molecule has 0 aromatic heterocycles. The summed E-state index contributed by atoms with van der Waals surface area (Å²) in [7, 11) is 0. The largest absolute Gasteiger partial charge is 0.412 e. The van der Waals surface area contributed by atoms with Crippen LogP contribution in [0.1, 0.15) is 20.8 Å². The van der Waals surface area contributed by atoms with Crippen molar-refractivity contribution >= 4 is 0 Å². The number of aliphatic hydroxyl groups excluding tert-OH is 1. The molecule has 0 aliphatic carbocycles. The Balaban J connectivity index is 0. The molecule has 0 aliphatic rings. The molecule has 0 rings (SSSR count). The summed E-state index contributed by atoms with van der Waals surface area (Å²) >= 11 is 0. The highest BCUT2D eigenvalue weighted by Gasteiger charge is 2.18. The standard InChI is InChI=1S/C5H12O2.H2O/c1-5(2,3)4(6)7;/h4,6-7H,1-3H3;1H2. The summed E-state index contributed by atoms with van der Waals surface area (Å²) < 4.78 is 0. The van der Waals surface area contributed by atoms with E-state index in [0.717, 1.165) is 0 Å². The zero-order valence-corrected chi connectivity index (χ0v) is 5.47. The first-order chi connectivity index (χ1) is 2.94. The molecular formula is C5H14O3. The third-order valence-electron chi connectivity index (χ3n) is 0.775. The zero-order chi connectivity index (χ0) is 6.08. The van der Waals surface area contributed by atoms with E-state index in [-0.39, 0.29) is 10.9 Å². The molecule has 0 amide bonds. The molecule has 8 heavy (non-hydrogen) atoms. The third kappa shape index (κ3) is 4.05. The lowest BCUT2D eigenvalue weighted by molar-refractivity contribution is -0.113. The molecule has 0 aliphatic heterocycles. The Labute approximate surface area is 49.3 Å². The van der Waals surface area contributed by atoms with Crippen molar-refractivity contribution in [1.29, 1.82) is 0 Å². The van der Waals surface area contributed by atoms with Gasteiger partial charge in [0, 0.05) is 5.41 Å². The van der Waals surface area contributed by atoms with Crippen LogP contribution in [0.3, 0.4) is 0 Å². The van der Waals surface area contributed by atoms with Gasteiger partial charge in [0.2, 0.25) is 0 Å². The van der Waals surface area contributed by atoms with Crippen LogP contribution in [0, 0.1) is 5.41 Å². The van der Waals surface area contributed by atoms with Crippen molar-refractivity contribution in [3.05, 3.63) is 0 Å². The van der Waals surface area contributed by atoms with Crippen molar-refractivity contribution < 1.29 is 15.7 Å². The van der Waals surface area contributed by atoms with Crippen molar-refractivity contribution in [1.82, 2.24) is 0 Å². The maximum atomic E-state index is 8.44. The molecule has 3 heteroatoms. The summed E-state index contributed by atoms with van der Waals surface area (Å²) in [5, 5.41) is 16.9. The SMILES string of the molecule is CC(C)(C)C(O)O.O. The fourth-order valence-electron chi connectivity index (χ4n) is 0. The molecule has 0 atom stereocenters. The topological polar surface area (TPSA) is 72.0 Å². The predicted octanol–water partition coefficient (Wildman–Crippen LogP) is -0.482. The molecule has 0 fully saturated rings. The summed E-state index contributed by atoms with van der Waals surface area (Å²) in [5.41, 5.74) is -0.389. The Morgan fingerprint density at radius 3 is 1.25 bits per heavy atom. The highest BCUT2D eigenvalue weighted by atomic mass is 16.5. The van der Waals surface area contributed by atoms with E-state index in [2.05, 4.69) is 0 Å². The monoisotopic (exact) mass is 122 g/mol. The van der Waals surface area contributed by atoms with Crippen molar-refractivity contribution in [2.24, 2.45) is 5.41 Å². The Bertz CT molecular complexity index is 53.2. The summed E-state index contributed by atoms with van der Waals surface area (Å²) in [6, 6.07) is 0. The Hall–Kier alpha value is -0.120. The van der Waals surface area contributed by atoms with Gasteiger partial charge in [0.1, 0.15) is 0 Å². The van der Waals surface area contributed by atoms with Gasteiger partial charge < -0.3 is 15.7 Å². The maximum absolute atomic E-state index is 8.44. The van der Waals surface area contributed by atoms with Gasteiger partial charge in [-0.05, 0) is 0 Å². The van der Waals surface area contributed by atoms with E-state index in [1.165, 1.54) is 0 Å². The quantitative estimate of drug-likeness (QED) is 0.426. The number of aliphatic hydroxyl groups is 2. The Morgan fingerprint density at radius 2 is 1.25 bits per heavy atom. The van der Waals surface area contributed by atoms with Crippen molar-refractivity contribution in [2.75, 3.05) is 0 Å². The van der Waals surface area contributed by atoms with Crippen LogP contribution < -0.4 is 0 Å². The van der Waals surface area contributed by atoms with Gasteiger partial charge in [-0.15, -0.1) is 0 Å². The first-order valence-electron chi connectivity index (χ1n) is 2.31. The molecule has 0 bridgehead atoms. The average Bonchev–Trinajstić information content (AvgIpc) is 1.31. The molecule has 3 nitrogen and oxygen atoms in total.